The minimum absolute atomic E-state index is 0.0861. The van der Waals surface area contributed by atoms with Gasteiger partial charge in [0.2, 0.25) is 0 Å². The summed E-state index contributed by atoms with van der Waals surface area (Å²) in [6, 6.07) is 3.22. The zero-order chi connectivity index (χ0) is 20.0. The number of alkyl halides is 3. The van der Waals surface area contributed by atoms with Crippen LogP contribution in [0.1, 0.15) is 35.6 Å². The molecule has 2 aliphatic rings. The van der Waals surface area contributed by atoms with Gasteiger partial charge in [0.05, 0.1) is 5.69 Å². The van der Waals surface area contributed by atoms with Crippen molar-refractivity contribution in [3.63, 3.8) is 0 Å². The Kier molecular flexibility index (Phi) is 4.41. The number of nitrogens with zero attached hydrogens (tertiary/aromatic N) is 7. The van der Waals surface area contributed by atoms with Crippen LogP contribution in [-0.4, -0.2) is 61.1 Å². The Morgan fingerprint density at radius 3 is 2.59 bits per heavy atom. The highest BCUT2D eigenvalue weighted by Gasteiger charge is 2.38. The molecular weight excluding hydrogens is 385 g/mol. The van der Waals surface area contributed by atoms with Crippen molar-refractivity contribution >= 4 is 11.5 Å². The molecule has 4 heterocycles. The molecule has 0 amide bonds. The first-order valence-electron chi connectivity index (χ1n) is 9.81. The van der Waals surface area contributed by atoms with E-state index in [9.17, 15) is 13.2 Å². The first kappa shape index (κ1) is 18.3. The SMILES string of the molecule is FC(F)(F)c1nnc2ccc(N3CCN(Cc4n[nH]c5c4CCCC5)CC3)nn12. The molecule has 11 heteroatoms. The summed E-state index contributed by atoms with van der Waals surface area (Å²) in [5, 5.41) is 18.6. The van der Waals surface area contributed by atoms with Gasteiger partial charge < -0.3 is 4.90 Å². The molecule has 0 unspecified atom stereocenters. The van der Waals surface area contributed by atoms with E-state index in [2.05, 4.69) is 30.4 Å². The molecule has 0 atom stereocenters. The van der Waals surface area contributed by atoms with Gasteiger partial charge in [0, 0.05) is 38.4 Å². The number of H-pyrrole nitrogens is 1. The lowest BCUT2D eigenvalue weighted by Gasteiger charge is -2.35. The Hall–Kier alpha value is -2.69. The molecule has 0 spiro atoms. The summed E-state index contributed by atoms with van der Waals surface area (Å²) in [6.07, 6.45) is 0.00285. The second kappa shape index (κ2) is 6.97. The molecule has 0 bridgehead atoms. The van der Waals surface area contributed by atoms with Crippen molar-refractivity contribution in [2.45, 2.75) is 38.4 Å². The summed E-state index contributed by atoms with van der Waals surface area (Å²) in [4.78, 5) is 4.33. The largest absolute Gasteiger partial charge is 0.453 e. The van der Waals surface area contributed by atoms with Gasteiger partial charge in [-0.25, -0.2) is 0 Å². The van der Waals surface area contributed by atoms with Crippen LogP contribution in [0.4, 0.5) is 19.0 Å². The monoisotopic (exact) mass is 406 g/mol. The second-order valence-corrected chi connectivity index (χ2v) is 7.58. The second-order valence-electron chi connectivity index (χ2n) is 7.58. The van der Waals surface area contributed by atoms with Crippen LogP contribution in [0.3, 0.4) is 0 Å². The van der Waals surface area contributed by atoms with Gasteiger partial charge >= 0.3 is 6.18 Å². The molecule has 29 heavy (non-hydrogen) atoms. The predicted octanol–water partition coefficient (Wildman–Crippen LogP) is 2.07. The maximum absolute atomic E-state index is 13.1. The molecule has 1 saturated heterocycles. The Bertz CT molecular complexity index is 1020. The summed E-state index contributed by atoms with van der Waals surface area (Å²) in [7, 11) is 0. The van der Waals surface area contributed by atoms with E-state index in [1.54, 1.807) is 6.07 Å². The molecule has 5 rings (SSSR count). The number of nitrogens with one attached hydrogen (secondary N) is 1. The average molecular weight is 406 g/mol. The minimum atomic E-state index is -4.59. The fourth-order valence-electron chi connectivity index (χ4n) is 4.15. The molecule has 0 aromatic carbocycles. The fourth-order valence-corrected chi connectivity index (χ4v) is 4.15. The Balaban J connectivity index is 1.28. The average Bonchev–Trinajstić information content (AvgIpc) is 3.32. The molecular formula is C18H21F3N8. The van der Waals surface area contributed by atoms with Gasteiger partial charge in [0.1, 0.15) is 5.82 Å². The predicted molar refractivity (Wildman–Crippen MR) is 98.5 cm³/mol. The highest BCUT2D eigenvalue weighted by Crippen LogP contribution is 2.28. The summed E-state index contributed by atoms with van der Waals surface area (Å²) in [5.74, 6) is -0.601. The maximum atomic E-state index is 13.1. The highest BCUT2D eigenvalue weighted by molar-refractivity contribution is 5.46. The maximum Gasteiger partial charge on any atom is 0.453 e. The van der Waals surface area contributed by atoms with E-state index in [4.69, 9.17) is 0 Å². The van der Waals surface area contributed by atoms with Crippen molar-refractivity contribution in [3.8, 4) is 0 Å². The van der Waals surface area contributed by atoms with Gasteiger partial charge in [-0.2, -0.15) is 22.8 Å². The zero-order valence-electron chi connectivity index (χ0n) is 15.8. The summed E-state index contributed by atoms with van der Waals surface area (Å²) < 4.78 is 40.0. The number of fused-ring (bicyclic) bond motifs is 2. The number of aryl methyl sites for hydroxylation is 1. The number of hydrogen-bond acceptors (Lipinski definition) is 6. The first-order valence-corrected chi connectivity index (χ1v) is 9.81. The van der Waals surface area contributed by atoms with E-state index < -0.39 is 12.0 Å². The normalized spacial score (nSPS) is 18.4. The lowest BCUT2D eigenvalue weighted by Crippen LogP contribution is -2.46. The van der Waals surface area contributed by atoms with E-state index in [1.165, 1.54) is 30.2 Å². The van der Waals surface area contributed by atoms with Crippen molar-refractivity contribution in [2.24, 2.45) is 0 Å². The molecule has 3 aromatic rings. The van der Waals surface area contributed by atoms with Gasteiger partial charge in [-0.3, -0.25) is 10.00 Å². The van der Waals surface area contributed by atoms with Gasteiger partial charge in [-0.05, 0) is 43.4 Å². The lowest BCUT2D eigenvalue weighted by molar-refractivity contribution is -0.146. The van der Waals surface area contributed by atoms with Crippen molar-refractivity contribution in [3.05, 3.63) is 34.9 Å². The first-order chi connectivity index (χ1) is 14.0. The van der Waals surface area contributed by atoms with Gasteiger partial charge in [-0.1, -0.05) is 0 Å². The topological polar surface area (TPSA) is 78.2 Å². The number of aromatic nitrogens is 6. The van der Waals surface area contributed by atoms with Crippen molar-refractivity contribution in [2.75, 3.05) is 31.1 Å². The molecule has 1 aliphatic heterocycles. The van der Waals surface area contributed by atoms with E-state index in [0.717, 1.165) is 42.7 Å². The van der Waals surface area contributed by atoms with Crippen LogP contribution < -0.4 is 4.90 Å². The molecule has 0 saturated carbocycles. The Morgan fingerprint density at radius 1 is 1.00 bits per heavy atom. The minimum Gasteiger partial charge on any atom is -0.353 e. The van der Waals surface area contributed by atoms with Crippen LogP contribution in [-0.2, 0) is 25.6 Å². The lowest BCUT2D eigenvalue weighted by atomic mass is 9.96. The summed E-state index contributed by atoms with van der Waals surface area (Å²) in [5.41, 5.74) is 3.87. The number of hydrogen-bond donors (Lipinski definition) is 1. The number of aromatic amines is 1. The van der Waals surface area contributed by atoms with Crippen LogP contribution in [0.15, 0.2) is 12.1 Å². The van der Waals surface area contributed by atoms with Crippen molar-refractivity contribution in [1.82, 2.24) is 34.9 Å². The van der Waals surface area contributed by atoms with E-state index in [-0.39, 0.29) is 5.65 Å². The number of rotatable bonds is 3. The standard InChI is InChI=1S/C18H21F3N8/c19-18(20,21)17-25-24-15-5-6-16(26-29(15)17)28-9-7-27(8-10-28)11-14-12-3-1-2-4-13(12)22-23-14/h5-6H,1-4,7-11H2,(H,22,23). The molecule has 1 N–H and O–H groups in total. The number of anilines is 1. The molecule has 0 radical (unpaired) electrons. The summed E-state index contributed by atoms with van der Waals surface area (Å²) >= 11 is 0. The third kappa shape index (κ3) is 3.43. The van der Waals surface area contributed by atoms with Crippen molar-refractivity contribution < 1.29 is 13.2 Å². The highest BCUT2D eigenvalue weighted by atomic mass is 19.4. The molecule has 1 aliphatic carbocycles. The molecule has 154 valence electrons. The fraction of sp³-hybridized carbons (Fsp3) is 0.556. The summed E-state index contributed by atoms with van der Waals surface area (Å²) in [6.45, 7) is 3.78. The van der Waals surface area contributed by atoms with E-state index in [0.29, 0.717) is 18.9 Å². The molecule has 1 fully saturated rings. The van der Waals surface area contributed by atoms with Crippen LogP contribution in [0.5, 0.6) is 0 Å². The van der Waals surface area contributed by atoms with Crippen LogP contribution in [0, 0.1) is 0 Å². The van der Waals surface area contributed by atoms with E-state index in [1.807, 2.05) is 4.90 Å². The Morgan fingerprint density at radius 2 is 1.79 bits per heavy atom. The number of piperazine rings is 1. The third-order valence-corrected chi connectivity index (χ3v) is 5.71. The van der Waals surface area contributed by atoms with Crippen LogP contribution in [0.2, 0.25) is 0 Å². The van der Waals surface area contributed by atoms with Gasteiger partial charge in [0.25, 0.3) is 5.82 Å². The Labute approximate surface area is 164 Å². The van der Waals surface area contributed by atoms with Gasteiger partial charge in [0.15, 0.2) is 5.65 Å². The smallest absolute Gasteiger partial charge is 0.353 e. The third-order valence-electron chi connectivity index (χ3n) is 5.71. The van der Waals surface area contributed by atoms with Crippen LogP contribution >= 0.6 is 0 Å². The molecule has 3 aromatic heterocycles. The quantitative estimate of drug-likeness (QED) is 0.718. The van der Waals surface area contributed by atoms with E-state index >= 15 is 0 Å². The van der Waals surface area contributed by atoms with Crippen LogP contribution in [0.25, 0.3) is 5.65 Å². The van der Waals surface area contributed by atoms with Gasteiger partial charge in [-0.15, -0.1) is 15.3 Å². The number of halogens is 3. The van der Waals surface area contributed by atoms with Crippen molar-refractivity contribution in [1.29, 1.82) is 0 Å². The zero-order valence-corrected chi connectivity index (χ0v) is 15.8. The molecule has 8 nitrogen and oxygen atoms in total.